The summed E-state index contributed by atoms with van der Waals surface area (Å²) in [5, 5.41) is 2.98. The normalized spacial score (nSPS) is 11.9. The molecule has 2 amide bonds. The number of sulfonamides is 1. The van der Waals surface area contributed by atoms with E-state index in [1.807, 2.05) is 74.5 Å². The van der Waals surface area contributed by atoms with E-state index in [1.54, 1.807) is 0 Å². The van der Waals surface area contributed by atoms with E-state index in [4.69, 9.17) is 9.47 Å². The van der Waals surface area contributed by atoms with Gasteiger partial charge in [0.15, 0.2) is 6.61 Å². The second kappa shape index (κ2) is 17.3. The van der Waals surface area contributed by atoms with Crippen molar-refractivity contribution in [3.05, 3.63) is 126 Å². The highest BCUT2D eigenvalue weighted by molar-refractivity contribution is 7.92. The highest BCUT2D eigenvalue weighted by Gasteiger charge is 2.30. The van der Waals surface area contributed by atoms with Gasteiger partial charge in [0.2, 0.25) is 5.91 Å². The Balaban J connectivity index is 1.49. The van der Waals surface area contributed by atoms with Gasteiger partial charge in [-0.05, 0) is 79.9 Å². The third-order valence-electron chi connectivity index (χ3n) is 7.13. The predicted octanol–water partition coefficient (Wildman–Crippen LogP) is 5.58. The summed E-state index contributed by atoms with van der Waals surface area (Å²) in [5.41, 5.74) is 1.96. The second-order valence-corrected chi connectivity index (χ2v) is 12.8. The number of rotatable bonds is 17. The molecule has 4 rings (SSSR count). The van der Waals surface area contributed by atoms with Crippen LogP contribution in [0.1, 0.15) is 31.4 Å². The lowest BCUT2D eigenvalue weighted by atomic mass is 10.0. The van der Waals surface area contributed by atoms with Gasteiger partial charge in [0, 0.05) is 31.8 Å². The fourth-order valence-corrected chi connectivity index (χ4v) is 5.79. The lowest BCUT2D eigenvalue weighted by Crippen LogP contribution is -2.52. The molecule has 0 bridgehead atoms. The summed E-state index contributed by atoms with van der Waals surface area (Å²) in [6.45, 7) is 4.60. The van der Waals surface area contributed by atoms with Crippen molar-refractivity contribution < 1.29 is 31.9 Å². The van der Waals surface area contributed by atoms with E-state index < -0.39 is 27.8 Å². The number of hydrogen-bond donors (Lipinski definition) is 2. The highest BCUT2D eigenvalue weighted by atomic mass is 32.2. The van der Waals surface area contributed by atoms with Gasteiger partial charge in [0.25, 0.3) is 15.9 Å². The predicted molar refractivity (Wildman–Crippen MR) is 179 cm³/mol. The summed E-state index contributed by atoms with van der Waals surface area (Å²) in [5.74, 6) is -0.910. The van der Waals surface area contributed by atoms with Gasteiger partial charge in [0.05, 0.1) is 11.0 Å². The molecule has 1 atom stereocenters. The zero-order valence-electron chi connectivity index (χ0n) is 26.5. The Hall–Kier alpha value is -4.74. The minimum absolute atomic E-state index is 0.0374. The van der Waals surface area contributed by atoms with Crippen LogP contribution in [0.25, 0.3) is 0 Å². The van der Waals surface area contributed by atoms with E-state index in [9.17, 15) is 22.4 Å². The Kier molecular flexibility index (Phi) is 12.9. The maximum atomic E-state index is 13.8. The molecule has 0 aliphatic rings. The molecule has 4 aromatic rings. The molecule has 0 radical (unpaired) electrons. The Morgan fingerprint density at radius 1 is 0.830 bits per heavy atom. The number of benzene rings is 4. The van der Waals surface area contributed by atoms with Crippen molar-refractivity contribution in [2.45, 2.75) is 50.3 Å². The molecule has 0 saturated heterocycles. The Labute approximate surface area is 275 Å². The van der Waals surface area contributed by atoms with Crippen LogP contribution in [-0.2, 0) is 37.3 Å². The van der Waals surface area contributed by atoms with Crippen LogP contribution in [-0.4, -0.2) is 57.0 Å². The molecular formula is C36H40FN3O6S. The van der Waals surface area contributed by atoms with Gasteiger partial charge < -0.3 is 19.7 Å². The molecule has 4 aromatic carbocycles. The largest absolute Gasteiger partial charge is 0.484 e. The third-order valence-corrected chi connectivity index (χ3v) is 8.53. The number of hydrogen-bond acceptors (Lipinski definition) is 6. The minimum Gasteiger partial charge on any atom is -0.484 e. The molecule has 0 spiro atoms. The number of nitrogens with zero attached hydrogens (tertiary/aromatic N) is 1. The zero-order chi connectivity index (χ0) is 33.6. The lowest BCUT2D eigenvalue weighted by Gasteiger charge is -2.31. The molecule has 0 aliphatic heterocycles. The van der Waals surface area contributed by atoms with Crippen LogP contribution in [0, 0.1) is 5.82 Å². The van der Waals surface area contributed by atoms with Crippen LogP contribution >= 0.6 is 0 Å². The molecule has 9 nitrogen and oxygen atoms in total. The fraction of sp³-hybridized carbons (Fsp3) is 0.278. The molecular weight excluding hydrogens is 621 g/mol. The van der Waals surface area contributed by atoms with E-state index in [0.29, 0.717) is 26.0 Å². The van der Waals surface area contributed by atoms with Crippen LogP contribution in [0.2, 0.25) is 0 Å². The first-order valence-electron chi connectivity index (χ1n) is 15.4. The molecule has 0 fully saturated rings. The van der Waals surface area contributed by atoms with Crippen molar-refractivity contribution in [3.63, 3.8) is 0 Å². The molecule has 0 aromatic heterocycles. The van der Waals surface area contributed by atoms with Crippen molar-refractivity contribution >= 4 is 27.5 Å². The first-order valence-corrected chi connectivity index (χ1v) is 16.9. The van der Waals surface area contributed by atoms with Gasteiger partial charge in [0.1, 0.15) is 17.6 Å². The number of amides is 2. The smallest absolute Gasteiger partial charge is 0.261 e. The number of carbonyl (C=O) groups is 2. The van der Waals surface area contributed by atoms with Gasteiger partial charge in [-0.25, -0.2) is 12.8 Å². The number of nitrogens with one attached hydrogen (secondary N) is 2. The molecule has 47 heavy (non-hydrogen) atoms. The summed E-state index contributed by atoms with van der Waals surface area (Å²) < 4.78 is 52.6. The number of halogens is 1. The van der Waals surface area contributed by atoms with Crippen LogP contribution in [0.5, 0.6) is 5.75 Å². The molecule has 0 saturated carbocycles. The second-order valence-electron chi connectivity index (χ2n) is 11.1. The van der Waals surface area contributed by atoms with Gasteiger partial charge in [-0.2, -0.15) is 0 Å². The third kappa shape index (κ3) is 11.2. The van der Waals surface area contributed by atoms with Crippen LogP contribution in [0.4, 0.5) is 10.1 Å². The summed E-state index contributed by atoms with van der Waals surface area (Å²) in [4.78, 5) is 29.0. The topological polar surface area (TPSA) is 114 Å². The molecule has 2 N–H and O–H groups in total. The van der Waals surface area contributed by atoms with Gasteiger partial charge in [-0.3, -0.25) is 14.3 Å². The SMILES string of the molecule is CC(C)OCCCNC(=O)C(Cc1ccccc1)N(Cc1ccccc1)C(=O)COc1ccc(S(=O)(=O)Nc2ccc(F)cc2)cc1. The Morgan fingerprint density at radius 2 is 1.45 bits per heavy atom. The standard InChI is InChI=1S/C36H40FN3O6S/c1-27(2)45-23-9-22-38-36(42)34(24-28-10-5-3-6-11-28)40(25-29-12-7-4-8-13-29)35(41)26-46-32-18-20-33(21-19-32)47(43,44)39-31-16-14-30(37)15-17-31/h3-8,10-21,27,34,39H,9,22-26H2,1-2H3,(H,38,42). The fourth-order valence-electron chi connectivity index (χ4n) is 4.73. The summed E-state index contributed by atoms with van der Waals surface area (Å²) in [6, 6.07) is 28.6. The summed E-state index contributed by atoms with van der Waals surface area (Å²) in [6.07, 6.45) is 1.01. The van der Waals surface area contributed by atoms with Gasteiger partial charge >= 0.3 is 0 Å². The van der Waals surface area contributed by atoms with Crippen molar-refractivity contribution in [2.24, 2.45) is 0 Å². The number of carbonyl (C=O) groups excluding carboxylic acids is 2. The molecule has 1 unspecified atom stereocenters. The monoisotopic (exact) mass is 661 g/mol. The van der Waals surface area contributed by atoms with E-state index >= 15 is 0 Å². The summed E-state index contributed by atoms with van der Waals surface area (Å²) in [7, 11) is -3.94. The molecule has 248 valence electrons. The van der Waals surface area contributed by atoms with Crippen LogP contribution < -0.4 is 14.8 Å². The van der Waals surface area contributed by atoms with E-state index in [0.717, 1.165) is 23.3 Å². The van der Waals surface area contributed by atoms with Crippen molar-refractivity contribution in [1.82, 2.24) is 10.2 Å². The highest BCUT2D eigenvalue weighted by Crippen LogP contribution is 2.21. The van der Waals surface area contributed by atoms with Crippen molar-refractivity contribution in [1.29, 1.82) is 0 Å². The van der Waals surface area contributed by atoms with E-state index in [2.05, 4.69) is 10.0 Å². The number of anilines is 1. The average molecular weight is 662 g/mol. The Bertz CT molecular complexity index is 1670. The summed E-state index contributed by atoms with van der Waals surface area (Å²) >= 11 is 0. The number of ether oxygens (including phenoxy) is 2. The van der Waals surface area contributed by atoms with Crippen molar-refractivity contribution in [2.75, 3.05) is 24.5 Å². The first-order chi connectivity index (χ1) is 22.6. The van der Waals surface area contributed by atoms with E-state index in [1.165, 1.54) is 41.3 Å². The Morgan fingerprint density at radius 3 is 2.06 bits per heavy atom. The quantitative estimate of drug-likeness (QED) is 0.143. The average Bonchev–Trinajstić information content (AvgIpc) is 3.07. The van der Waals surface area contributed by atoms with E-state index in [-0.39, 0.29) is 41.5 Å². The maximum Gasteiger partial charge on any atom is 0.261 e. The molecule has 11 heteroatoms. The minimum atomic E-state index is -3.94. The molecule has 0 heterocycles. The van der Waals surface area contributed by atoms with Crippen LogP contribution in [0.15, 0.2) is 114 Å². The van der Waals surface area contributed by atoms with Crippen LogP contribution in [0.3, 0.4) is 0 Å². The zero-order valence-corrected chi connectivity index (χ0v) is 27.3. The first kappa shape index (κ1) is 35.1. The van der Waals surface area contributed by atoms with Crippen molar-refractivity contribution in [3.8, 4) is 5.75 Å². The van der Waals surface area contributed by atoms with Gasteiger partial charge in [-0.15, -0.1) is 0 Å². The van der Waals surface area contributed by atoms with Gasteiger partial charge in [-0.1, -0.05) is 60.7 Å². The molecule has 0 aliphatic carbocycles. The lowest BCUT2D eigenvalue weighted by molar-refractivity contribution is -0.142. The maximum absolute atomic E-state index is 13.8.